The molecule has 0 spiro atoms. The molecule has 49 heavy (non-hydrogen) atoms. The third-order valence-corrected chi connectivity index (χ3v) is 10.1. The first-order chi connectivity index (χ1) is 24.3. The van der Waals surface area contributed by atoms with Crippen molar-refractivity contribution in [3.63, 3.8) is 0 Å². The summed E-state index contributed by atoms with van der Waals surface area (Å²) in [4.78, 5) is 0. The molecule has 0 amide bonds. The molecule has 0 fully saturated rings. The van der Waals surface area contributed by atoms with Crippen LogP contribution < -0.4 is 0 Å². The first-order valence-corrected chi connectivity index (χ1v) is 16.8. The zero-order chi connectivity index (χ0) is 32.3. The second-order valence-electron chi connectivity index (χ2n) is 12.8. The summed E-state index contributed by atoms with van der Waals surface area (Å²) in [5.41, 5.74) is 11.5. The molecule has 10 rings (SSSR count). The number of furan rings is 1. The van der Waals surface area contributed by atoms with Crippen LogP contribution in [0.2, 0.25) is 0 Å². The summed E-state index contributed by atoms with van der Waals surface area (Å²) in [5.74, 6) is 0. The SMILES string of the molecule is c1ccc(-c2ccc3ccccc3c2)c(-c2ccc(-c3c4ccccc4c(-c4cccc5c4oc4ccccc45)c4ccccc34)cc2)c1. The van der Waals surface area contributed by atoms with Crippen molar-refractivity contribution in [1.82, 2.24) is 0 Å². The van der Waals surface area contributed by atoms with Gasteiger partial charge in [0.05, 0.1) is 0 Å². The predicted molar refractivity (Wildman–Crippen MR) is 208 cm³/mol. The van der Waals surface area contributed by atoms with Crippen molar-refractivity contribution < 1.29 is 4.42 Å². The van der Waals surface area contributed by atoms with Crippen LogP contribution in [0.3, 0.4) is 0 Å². The van der Waals surface area contributed by atoms with E-state index in [0.29, 0.717) is 0 Å². The number of rotatable bonds is 4. The summed E-state index contributed by atoms with van der Waals surface area (Å²) in [6.45, 7) is 0. The largest absolute Gasteiger partial charge is 0.455 e. The van der Waals surface area contributed by atoms with Gasteiger partial charge in [0.1, 0.15) is 11.2 Å². The molecule has 0 atom stereocenters. The van der Waals surface area contributed by atoms with Crippen molar-refractivity contribution in [3.8, 4) is 44.5 Å². The first-order valence-electron chi connectivity index (χ1n) is 16.8. The molecule has 0 radical (unpaired) electrons. The summed E-state index contributed by atoms with van der Waals surface area (Å²) >= 11 is 0. The highest BCUT2D eigenvalue weighted by Gasteiger charge is 2.20. The van der Waals surface area contributed by atoms with Crippen molar-refractivity contribution in [2.75, 3.05) is 0 Å². The summed E-state index contributed by atoms with van der Waals surface area (Å²) < 4.78 is 6.57. The lowest BCUT2D eigenvalue weighted by molar-refractivity contribution is 0.670. The minimum Gasteiger partial charge on any atom is -0.455 e. The van der Waals surface area contributed by atoms with Crippen LogP contribution in [-0.4, -0.2) is 0 Å². The van der Waals surface area contributed by atoms with Crippen molar-refractivity contribution in [1.29, 1.82) is 0 Å². The monoisotopic (exact) mass is 622 g/mol. The Bertz CT molecular complexity index is 2810. The molecule has 9 aromatic carbocycles. The van der Waals surface area contributed by atoms with Gasteiger partial charge >= 0.3 is 0 Å². The fraction of sp³-hybridized carbons (Fsp3) is 0. The number of fused-ring (bicyclic) bond motifs is 6. The quantitative estimate of drug-likeness (QED) is 0.178. The maximum Gasteiger partial charge on any atom is 0.143 e. The zero-order valence-electron chi connectivity index (χ0n) is 26.7. The third kappa shape index (κ3) is 4.40. The highest BCUT2D eigenvalue weighted by atomic mass is 16.3. The minimum absolute atomic E-state index is 0.914. The smallest absolute Gasteiger partial charge is 0.143 e. The van der Waals surface area contributed by atoms with Crippen LogP contribution in [0.1, 0.15) is 0 Å². The molecule has 10 aromatic rings. The topological polar surface area (TPSA) is 13.1 Å². The molecule has 0 aliphatic heterocycles. The molecule has 228 valence electrons. The number of hydrogen-bond acceptors (Lipinski definition) is 1. The van der Waals surface area contributed by atoms with E-state index >= 15 is 0 Å². The van der Waals surface area contributed by atoms with Crippen molar-refractivity contribution >= 4 is 54.3 Å². The molecule has 1 heterocycles. The second-order valence-corrected chi connectivity index (χ2v) is 12.8. The van der Waals surface area contributed by atoms with E-state index in [2.05, 4.69) is 176 Å². The van der Waals surface area contributed by atoms with Gasteiger partial charge in [0.15, 0.2) is 0 Å². The van der Waals surface area contributed by atoms with E-state index in [0.717, 1.165) is 27.5 Å². The Labute approximate surface area is 284 Å². The van der Waals surface area contributed by atoms with Gasteiger partial charge in [-0.15, -0.1) is 0 Å². The highest BCUT2D eigenvalue weighted by Crippen LogP contribution is 2.46. The van der Waals surface area contributed by atoms with E-state index in [4.69, 9.17) is 4.42 Å². The van der Waals surface area contributed by atoms with Crippen LogP contribution >= 0.6 is 0 Å². The van der Waals surface area contributed by atoms with Gasteiger partial charge < -0.3 is 4.42 Å². The van der Waals surface area contributed by atoms with E-state index in [1.165, 1.54) is 71.3 Å². The van der Waals surface area contributed by atoms with Gasteiger partial charge in [-0.3, -0.25) is 0 Å². The van der Waals surface area contributed by atoms with E-state index in [-0.39, 0.29) is 0 Å². The normalized spacial score (nSPS) is 11.7. The van der Waals surface area contributed by atoms with Gasteiger partial charge in [0, 0.05) is 21.9 Å². The first kappa shape index (κ1) is 27.7. The Balaban J connectivity index is 1.15. The molecule has 0 N–H and O–H groups in total. The second kappa shape index (κ2) is 11.1. The maximum absolute atomic E-state index is 6.57. The highest BCUT2D eigenvalue weighted by molar-refractivity contribution is 6.24. The fourth-order valence-electron chi connectivity index (χ4n) is 7.83. The molecule has 0 aliphatic carbocycles. The summed E-state index contributed by atoms with van der Waals surface area (Å²) in [5, 5.41) is 9.69. The van der Waals surface area contributed by atoms with Crippen molar-refractivity contribution in [3.05, 3.63) is 182 Å². The summed E-state index contributed by atoms with van der Waals surface area (Å²) in [7, 11) is 0. The predicted octanol–water partition coefficient (Wildman–Crippen LogP) is 13.7. The summed E-state index contributed by atoms with van der Waals surface area (Å²) in [6, 6.07) is 65.7. The van der Waals surface area contributed by atoms with Gasteiger partial charge in [0.2, 0.25) is 0 Å². The third-order valence-electron chi connectivity index (χ3n) is 10.1. The fourth-order valence-corrected chi connectivity index (χ4v) is 7.83. The van der Waals surface area contributed by atoms with Crippen molar-refractivity contribution in [2.24, 2.45) is 0 Å². The Kier molecular flexibility index (Phi) is 6.25. The summed E-state index contributed by atoms with van der Waals surface area (Å²) in [6.07, 6.45) is 0. The molecule has 1 heteroatoms. The molecule has 1 aromatic heterocycles. The molecule has 0 saturated heterocycles. The molecular weight excluding hydrogens is 593 g/mol. The van der Waals surface area contributed by atoms with Crippen LogP contribution in [0.15, 0.2) is 186 Å². The number of para-hydroxylation sites is 2. The number of hydrogen-bond donors (Lipinski definition) is 0. The zero-order valence-corrected chi connectivity index (χ0v) is 26.7. The van der Waals surface area contributed by atoms with Gasteiger partial charge in [-0.2, -0.15) is 0 Å². The molecule has 0 aliphatic rings. The standard InChI is InChI=1S/C48H30O/c1-2-13-34-30-35(29-24-31(34)12-1)37-15-4-3-14-36(37)32-25-27-33(28-26-32)46-39-17-5-7-19-41(39)47(42-20-8-6-18-40(42)46)44-22-11-21-43-38-16-9-10-23-45(38)49-48(43)44/h1-30H. The lowest BCUT2D eigenvalue weighted by atomic mass is 9.85. The van der Waals surface area contributed by atoms with Gasteiger partial charge in [0.25, 0.3) is 0 Å². The Morgan fingerprint density at radius 3 is 1.49 bits per heavy atom. The number of benzene rings is 9. The van der Waals surface area contributed by atoms with E-state index in [9.17, 15) is 0 Å². The van der Waals surface area contributed by atoms with E-state index in [1.54, 1.807) is 0 Å². The van der Waals surface area contributed by atoms with Crippen LogP contribution in [0.4, 0.5) is 0 Å². The lowest BCUT2D eigenvalue weighted by Crippen LogP contribution is -1.91. The Morgan fingerprint density at radius 1 is 0.286 bits per heavy atom. The Morgan fingerprint density at radius 2 is 0.776 bits per heavy atom. The van der Waals surface area contributed by atoms with Crippen LogP contribution in [0.25, 0.3) is 98.8 Å². The molecular formula is C48H30O. The minimum atomic E-state index is 0.914. The maximum atomic E-state index is 6.57. The van der Waals surface area contributed by atoms with Gasteiger partial charge in [-0.1, -0.05) is 170 Å². The van der Waals surface area contributed by atoms with Gasteiger partial charge in [-0.05, 0) is 77.8 Å². The Hall–Kier alpha value is -6.44. The van der Waals surface area contributed by atoms with Gasteiger partial charge in [-0.25, -0.2) is 0 Å². The molecule has 0 bridgehead atoms. The molecule has 0 saturated carbocycles. The molecule has 0 unspecified atom stereocenters. The van der Waals surface area contributed by atoms with Crippen LogP contribution in [0.5, 0.6) is 0 Å². The average Bonchev–Trinajstić information content (AvgIpc) is 3.56. The van der Waals surface area contributed by atoms with Crippen LogP contribution in [-0.2, 0) is 0 Å². The van der Waals surface area contributed by atoms with Crippen LogP contribution in [0, 0.1) is 0 Å². The lowest BCUT2D eigenvalue weighted by Gasteiger charge is -2.18. The average molecular weight is 623 g/mol. The van der Waals surface area contributed by atoms with E-state index in [1.807, 2.05) is 6.07 Å². The molecule has 1 nitrogen and oxygen atoms in total. The van der Waals surface area contributed by atoms with E-state index < -0.39 is 0 Å². The van der Waals surface area contributed by atoms with Crippen molar-refractivity contribution in [2.45, 2.75) is 0 Å².